The fraction of sp³-hybridized carbons (Fsp3) is 0.591. The Labute approximate surface area is 166 Å². The first-order valence-corrected chi connectivity index (χ1v) is 10.3. The van der Waals surface area contributed by atoms with Crippen LogP contribution < -0.4 is 9.64 Å². The van der Waals surface area contributed by atoms with Crippen LogP contribution in [0.15, 0.2) is 12.1 Å². The monoisotopic (exact) mass is 382 g/mol. The number of likely N-dealkylation sites (tertiary alicyclic amines) is 1. The zero-order chi connectivity index (χ0) is 19.8. The lowest BCUT2D eigenvalue weighted by Crippen LogP contribution is -2.31. The van der Waals surface area contributed by atoms with Gasteiger partial charge in [-0.3, -0.25) is 9.69 Å². The van der Waals surface area contributed by atoms with Gasteiger partial charge in [-0.2, -0.15) is 4.98 Å². The predicted octanol–water partition coefficient (Wildman–Crippen LogP) is 3.28. The van der Waals surface area contributed by atoms with Gasteiger partial charge >= 0.3 is 0 Å². The van der Waals surface area contributed by atoms with Crippen molar-refractivity contribution in [2.45, 2.75) is 58.6 Å². The molecular formula is C22H30N4O2. The van der Waals surface area contributed by atoms with Crippen LogP contribution in [0, 0.1) is 13.8 Å². The van der Waals surface area contributed by atoms with E-state index < -0.39 is 0 Å². The molecule has 2 saturated heterocycles. The average Bonchev–Trinajstić information content (AvgIpc) is 3.04. The van der Waals surface area contributed by atoms with Gasteiger partial charge < -0.3 is 9.64 Å². The lowest BCUT2D eigenvalue weighted by Gasteiger charge is -2.27. The molecule has 1 aromatic carbocycles. The fourth-order valence-corrected chi connectivity index (χ4v) is 4.35. The van der Waals surface area contributed by atoms with Crippen LogP contribution in [0.1, 0.15) is 43.7 Å². The van der Waals surface area contributed by atoms with Gasteiger partial charge in [0.2, 0.25) is 11.8 Å². The molecule has 150 valence electrons. The highest BCUT2D eigenvalue weighted by molar-refractivity contribution is 5.86. The summed E-state index contributed by atoms with van der Waals surface area (Å²) in [4.78, 5) is 25.9. The molecule has 1 aromatic heterocycles. The first kappa shape index (κ1) is 19.1. The molecular weight excluding hydrogens is 352 g/mol. The number of ketones is 1. The number of aryl methyl sites for hydroxylation is 2. The Morgan fingerprint density at radius 3 is 2.50 bits per heavy atom. The molecule has 0 amide bonds. The number of carbonyl (C=O) groups is 1. The van der Waals surface area contributed by atoms with Crippen LogP contribution in [0.25, 0.3) is 10.9 Å². The van der Waals surface area contributed by atoms with Crippen molar-refractivity contribution < 1.29 is 9.53 Å². The summed E-state index contributed by atoms with van der Waals surface area (Å²) in [6.45, 7) is 8.60. The van der Waals surface area contributed by atoms with Gasteiger partial charge in [-0.05, 0) is 70.3 Å². The molecule has 2 aliphatic rings. The Morgan fingerprint density at radius 1 is 1.11 bits per heavy atom. The smallest absolute Gasteiger partial charge is 0.229 e. The van der Waals surface area contributed by atoms with E-state index in [9.17, 15) is 4.79 Å². The summed E-state index contributed by atoms with van der Waals surface area (Å²) in [6, 6.07) is 4.19. The number of nitrogens with zero attached hydrogens (tertiary/aromatic N) is 4. The molecule has 0 saturated carbocycles. The van der Waals surface area contributed by atoms with Crippen molar-refractivity contribution in [1.82, 2.24) is 14.9 Å². The maximum Gasteiger partial charge on any atom is 0.229 e. The number of piperidine rings is 1. The number of rotatable bonds is 4. The van der Waals surface area contributed by atoms with Crippen molar-refractivity contribution in [1.29, 1.82) is 0 Å². The number of likely N-dealkylation sites (N-methyl/N-ethyl adjacent to an activating group) is 1. The van der Waals surface area contributed by atoms with E-state index in [1.54, 1.807) is 6.92 Å². The van der Waals surface area contributed by atoms with Crippen LogP contribution in [0.3, 0.4) is 0 Å². The van der Waals surface area contributed by atoms with E-state index in [-0.39, 0.29) is 17.9 Å². The Bertz CT molecular complexity index is 892. The van der Waals surface area contributed by atoms with E-state index in [0.717, 1.165) is 36.5 Å². The summed E-state index contributed by atoms with van der Waals surface area (Å²) in [7, 11) is 1.99. The molecule has 4 rings (SSSR count). The van der Waals surface area contributed by atoms with E-state index >= 15 is 0 Å². The second-order valence-corrected chi connectivity index (χ2v) is 8.37. The first-order chi connectivity index (χ1) is 13.4. The molecule has 3 heterocycles. The third-order valence-corrected chi connectivity index (χ3v) is 6.16. The Kier molecular flexibility index (Phi) is 5.23. The molecule has 2 atom stereocenters. The summed E-state index contributed by atoms with van der Waals surface area (Å²) in [6.07, 6.45) is 4.30. The van der Waals surface area contributed by atoms with Crippen molar-refractivity contribution in [3.8, 4) is 5.88 Å². The van der Waals surface area contributed by atoms with E-state index in [0.29, 0.717) is 12.3 Å². The third-order valence-electron chi connectivity index (χ3n) is 6.16. The van der Waals surface area contributed by atoms with E-state index in [4.69, 9.17) is 14.7 Å². The summed E-state index contributed by atoms with van der Waals surface area (Å²) in [5.41, 5.74) is 3.36. The number of ether oxygens (including phenoxy) is 1. The van der Waals surface area contributed by atoms with Crippen LogP contribution in [0.4, 0.5) is 5.95 Å². The summed E-state index contributed by atoms with van der Waals surface area (Å²) >= 11 is 0. The topological polar surface area (TPSA) is 58.6 Å². The molecule has 2 aromatic rings. The van der Waals surface area contributed by atoms with Gasteiger partial charge in [-0.15, -0.1) is 0 Å². The van der Waals surface area contributed by atoms with Crippen molar-refractivity contribution >= 4 is 22.6 Å². The standard InChI is InChI=1S/C22H30N4O2/c1-14-10-18-19(11-15(14)2)23-22(26-8-6-5-7-9-26)24-21(18)28-17-12-20(16(3)27)25(4)13-17/h10-11,17,20H,5-9,12-13H2,1-4H3. The van der Waals surface area contributed by atoms with Crippen LogP contribution in [0.2, 0.25) is 0 Å². The van der Waals surface area contributed by atoms with Crippen molar-refractivity contribution in [2.24, 2.45) is 0 Å². The number of aromatic nitrogens is 2. The van der Waals surface area contributed by atoms with Gasteiger partial charge in [-0.25, -0.2) is 4.98 Å². The Balaban J connectivity index is 1.70. The van der Waals surface area contributed by atoms with Crippen molar-refractivity contribution in [2.75, 3.05) is 31.6 Å². The summed E-state index contributed by atoms with van der Waals surface area (Å²) in [5, 5.41) is 0.956. The molecule has 6 nitrogen and oxygen atoms in total. The second kappa shape index (κ2) is 7.66. The number of fused-ring (bicyclic) bond motifs is 1. The predicted molar refractivity (Wildman–Crippen MR) is 111 cm³/mol. The van der Waals surface area contributed by atoms with E-state index in [1.165, 1.54) is 30.4 Å². The maximum absolute atomic E-state index is 11.9. The zero-order valence-electron chi connectivity index (χ0n) is 17.4. The van der Waals surface area contributed by atoms with Crippen LogP contribution in [-0.2, 0) is 4.79 Å². The minimum absolute atomic E-state index is 0.0344. The molecule has 0 radical (unpaired) electrons. The molecule has 6 heteroatoms. The first-order valence-electron chi connectivity index (χ1n) is 10.3. The highest BCUT2D eigenvalue weighted by atomic mass is 16.5. The number of benzene rings is 1. The zero-order valence-corrected chi connectivity index (χ0v) is 17.4. The molecule has 0 bridgehead atoms. The van der Waals surface area contributed by atoms with Gasteiger partial charge in [-0.1, -0.05) is 0 Å². The highest BCUT2D eigenvalue weighted by Gasteiger charge is 2.34. The Morgan fingerprint density at radius 2 is 1.82 bits per heavy atom. The number of carbonyl (C=O) groups excluding carboxylic acids is 1. The molecule has 2 aliphatic heterocycles. The summed E-state index contributed by atoms with van der Waals surface area (Å²) < 4.78 is 6.39. The second-order valence-electron chi connectivity index (χ2n) is 8.37. The molecule has 0 N–H and O–H groups in total. The lowest BCUT2D eigenvalue weighted by atomic mass is 10.1. The van der Waals surface area contributed by atoms with Gasteiger partial charge in [0.25, 0.3) is 0 Å². The SMILES string of the molecule is CC(=O)C1CC(Oc2nc(N3CCCCC3)nc3cc(C)c(C)cc23)CN1C. The number of hydrogen-bond donors (Lipinski definition) is 0. The number of Topliss-reactive ketones (excluding diaryl/α,β-unsaturated/α-hetero) is 1. The largest absolute Gasteiger partial charge is 0.472 e. The fourth-order valence-electron chi connectivity index (χ4n) is 4.35. The molecule has 2 fully saturated rings. The van der Waals surface area contributed by atoms with Gasteiger partial charge in [0.15, 0.2) is 0 Å². The third kappa shape index (κ3) is 3.70. The maximum atomic E-state index is 11.9. The average molecular weight is 383 g/mol. The van der Waals surface area contributed by atoms with Crippen molar-refractivity contribution in [3.05, 3.63) is 23.3 Å². The molecule has 0 aliphatic carbocycles. The molecule has 28 heavy (non-hydrogen) atoms. The van der Waals surface area contributed by atoms with Gasteiger partial charge in [0.1, 0.15) is 11.9 Å². The molecule has 2 unspecified atom stereocenters. The van der Waals surface area contributed by atoms with Crippen LogP contribution >= 0.6 is 0 Å². The minimum Gasteiger partial charge on any atom is -0.472 e. The highest BCUT2D eigenvalue weighted by Crippen LogP contribution is 2.31. The minimum atomic E-state index is -0.0661. The van der Waals surface area contributed by atoms with Crippen LogP contribution in [0.5, 0.6) is 5.88 Å². The normalized spacial score (nSPS) is 23.4. The Hall–Kier alpha value is -2.21. The molecule has 0 spiro atoms. The number of hydrogen-bond acceptors (Lipinski definition) is 6. The van der Waals surface area contributed by atoms with Gasteiger partial charge in [0, 0.05) is 26.1 Å². The van der Waals surface area contributed by atoms with E-state index in [1.807, 2.05) is 7.05 Å². The van der Waals surface area contributed by atoms with Crippen molar-refractivity contribution in [3.63, 3.8) is 0 Å². The lowest BCUT2D eigenvalue weighted by molar-refractivity contribution is -0.120. The number of anilines is 1. The van der Waals surface area contributed by atoms with E-state index in [2.05, 4.69) is 35.8 Å². The van der Waals surface area contributed by atoms with Gasteiger partial charge in [0.05, 0.1) is 16.9 Å². The quantitative estimate of drug-likeness (QED) is 0.809. The van der Waals surface area contributed by atoms with Crippen LogP contribution in [-0.4, -0.2) is 59.5 Å². The summed E-state index contributed by atoms with van der Waals surface area (Å²) in [5.74, 6) is 1.61.